The third-order valence-corrected chi connectivity index (χ3v) is 3.59. The summed E-state index contributed by atoms with van der Waals surface area (Å²) in [5.74, 6) is 1.66. The van der Waals surface area contributed by atoms with Crippen LogP contribution in [-0.2, 0) is 13.6 Å². The molecule has 3 rings (SSSR count). The van der Waals surface area contributed by atoms with Gasteiger partial charge in [0.15, 0.2) is 5.82 Å². The van der Waals surface area contributed by atoms with Crippen molar-refractivity contribution >= 4 is 0 Å². The molecule has 1 aromatic heterocycles. The van der Waals surface area contributed by atoms with Gasteiger partial charge in [0.1, 0.15) is 0 Å². The highest BCUT2D eigenvalue weighted by atomic mass is 15.6. The quantitative estimate of drug-likeness (QED) is 0.723. The third-order valence-electron chi connectivity index (χ3n) is 3.59. The number of aryl methyl sites for hydroxylation is 1. The number of aromatic nitrogens is 4. The third kappa shape index (κ3) is 1.94. The fraction of sp³-hybridized carbons (Fsp3) is 0.900. The highest BCUT2D eigenvalue weighted by molar-refractivity contribution is 4.93. The van der Waals surface area contributed by atoms with Gasteiger partial charge in [-0.15, -0.1) is 10.2 Å². The number of rotatable bonds is 2. The summed E-state index contributed by atoms with van der Waals surface area (Å²) in [5.41, 5.74) is 0. The first-order chi connectivity index (χ1) is 7.81. The zero-order valence-electron chi connectivity index (χ0n) is 9.63. The summed E-state index contributed by atoms with van der Waals surface area (Å²) in [7, 11) is 1.81. The molecule has 0 spiro atoms. The van der Waals surface area contributed by atoms with Crippen LogP contribution in [0.25, 0.3) is 0 Å². The molecule has 1 N–H and O–H groups in total. The van der Waals surface area contributed by atoms with Gasteiger partial charge in [0.05, 0.1) is 13.6 Å². The molecule has 0 bridgehead atoms. The van der Waals surface area contributed by atoms with Gasteiger partial charge in [0.25, 0.3) is 0 Å². The second kappa shape index (κ2) is 4.10. The average Bonchev–Trinajstić information content (AvgIpc) is 2.84. The smallest absolute Gasteiger partial charge is 0.188 e. The average molecular weight is 222 g/mol. The Kier molecular flexibility index (Phi) is 2.61. The zero-order valence-corrected chi connectivity index (χ0v) is 9.63. The van der Waals surface area contributed by atoms with Crippen molar-refractivity contribution in [1.29, 1.82) is 0 Å². The minimum atomic E-state index is 0.686. The standard InChI is InChI=1S/C10H18N6/c1-15-13-10(12-14-15)7-16-5-8-3-2-4-11-9(8)6-16/h8-9,11H,2-7H2,1H3/t8-,9+/m0/s1. The topological polar surface area (TPSA) is 58.9 Å². The lowest BCUT2D eigenvalue weighted by Crippen LogP contribution is -2.40. The molecule has 2 saturated heterocycles. The molecule has 2 fully saturated rings. The zero-order chi connectivity index (χ0) is 11.0. The second-order valence-corrected chi connectivity index (χ2v) is 4.85. The SMILES string of the molecule is Cn1nnc(CN2C[C@@H]3CCCN[C@@H]3C2)n1. The van der Waals surface area contributed by atoms with Crippen LogP contribution < -0.4 is 5.32 Å². The number of hydrogen-bond acceptors (Lipinski definition) is 5. The molecule has 0 saturated carbocycles. The molecule has 0 aromatic carbocycles. The molecule has 3 heterocycles. The molecular weight excluding hydrogens is 204 g/mol. The summed E-state index contributed by atoms with van der Waals surface area (Å²) in [6, 6.07) is 0.686. The number of piperidine rings is 1. The van der Waals surface area contributed by atoms with Gasteiger partial charge in [-0.1, -0.05) is 0 Å². The van der Waals surface area contributed by atoms with Crippen molar-refractivity contribution in [1.82, 2.24) is 30.4 Å². The monoisotopic (exact) mass is 222 g/mol. The molecule has 0 aliphatic carbocycles. The van der Waals surface area contributed by atoms with E-state index in [1.807, 2.05) is 7.05 Å². The summed E-state index contributed by atoms with van der Waals surface area (Å²) in [5, 5.41) is 15.7. The van der Waals surface area contributed by atoms with Gasteiger partial charge >= 0.3 is 0 Å². The van der Waals surface area contributed by atoms with Crippen LogP contribution in [0.15, 0.2) is 0 Å². The summed E-state index contributed by atoms with van der Waals surface area (Å²) in [6.07, 6.45) is 2.68. The van der Waals surface area contributed by atoms with Crippen molar-refractivity contribution in [2.45, 2.75) is 25.4 Å². The van der Waals surface area contributed by atoms with E-state index in [1.54, 1.807) is 0 Å². The normalized spacial score (nSPS) is 30.6. The fourth-order valence-electron chi connectivity index (χ4n) is 2.85. The minimum absolute atomic E-state index is 0.686. The summed E-state index contributed by atoms with van der Waals surface area (Å²) < 4.78 is 0. The van der Waals surface area contributed by atoms with Crippen LogP contribution in [0.4, 0.5) is 0 Å². The predicted octanol–water partition coefficient (Wildman–Crippen LogP) is -0.606. The van der Waals surface area contributed by atoms with Gasteiger partial charge in [-0.25, -0.2) is 0 Å². The van der Waals surface area contributed by atoms with Gasteiger partial charge in [0.2, 0.25) is 0 Å². The summed E-state index contributed by atoms with van der Waals surface area (Å²) >= 11 is 0. The number of tetrazole rings is 1. The molecule has 2 atom stereocenters. The number of nitrogens with one attached hydrogen (secondary N) is 1. The van der Waals surface area contributed by atoms with Crippen LogP contribution in [0.2, 0.25) is 0 Å². The minimum Gasteiger partial charge on any atom is -0.312 e. The van der Waals surface area contributed by atoms with Crippen LogP contribution in [0.5, 0.6) is 0 Å². The maximum atomic E-state index is 4.22. The highest BCUT2D eigenvalue weighted by Gasteiger charge is 2.34. The lowest BCUT2D eigenvalue weighted by atomic mass is 9.94. The van der Waals surface area contributed by atoms with Gasteiger partial charge in [-0.3, -0.25) is 4.90 Å². The number of hydrogen-bond donors (Lipinski definition) is 1. The van der Waals surface area contributed by atoms with E-state index >= 15 is 0 Å². The molecule has 0 radical (unpaired) electrons. The van der Waals surface area contributed by atoms with Gasteiger partial charge in [-0.05, 0) is 30.5 Å². The van der Waals surface area contributed by atoms with Crippen molar-refractivity contribution in [3.05, 3.63) is 5.82 Å². The van der Waals surface area contributed by atoms with Gasteiger partial charge in [0, 0.05) is 19.1 Å². The molecule has 6 nitrogen and oxygen atoms in total. The lowest BCUT2D eigenvalue weighted by Gasteiger charge is -2.24. The molecule has 2 aliphatic heterocycles. The van der Waals surface area contributed by atoms with E-state index in [2.05, 4.69) is 25.6 Å². The van der Waals surface area contributed by atoms with E-state index in [4.69, 9.17) is 0 Å². The Morgan fingerprint density at radius 1 is 1.44 bits per heavy atom. The molecule has 0 unspecified atom stereocenters. The summed E-state index contributed by atoms with van der Waals surface area (Å²) in [4.78, 5) is 3.96. The Hall–Kier alpha value is -1.01. The van der Waals surface area contributed by atoms with E-state index in [1.165, 1.54) is 30.7 Å². The first kappa shape index (κ1) is 10.2. The van der Waals surface area contributed by atoms with Crippen LogP contribution in [0.1, 0.15) is 18.7 Å². The first-order valence-corrected chi connectivity index (χ1v) is 6.00. The highest BCUT2D eigenvalue weighted by Crippen LogP contribution is 2.25. The number of likely N-dealkylation sites (tertiary alicyclic amines) is 1. The Bertz CT molecular complexity index is 348. The Balaban J connectivity index is 1.61. The number of fused-ring (bicyclic) bond motifs is 1. The Morgan fingerprint density at radius 2 is 2.38 bits per heavy atom. The van der Waals surface area contributed by atoms with Crippen LogP contribution >= 0.6 is 0 Å². The van der Waals surface area contributed by atoms with Gasteiger partial charge < -0.3 is 5.32 Å². The van der Waals surface area contributed by atoms with E-state index in [0.29, 0.717) is 6.04 Å². The van der Waals surface area contributed by atoms with Crippen LogP contribution in [0.3, 0.4) is 0 Å². The maximum absolute atomic E-state index is 4.22. The first-order valence-electron chi connectivity index (χ1n) is 6.00. The number of nitrogens with zero attached hydrogens (tertiary/aromatic N) is 5. The van der Waals surface area contributed by atoms with Crippen molar-refractivity contribution in [3.63, 3.8) is 0 Å². The van der Waals surface area contributed by atoms with E-state index < -0.39 is 0 Å². The Labute approximate surface area is 95.0 Å². The maximum Gasteiger partial charge on any atom is 0.188 e. The van der Waals surface area contributed by atoms with Gasteiger partial charge in [-0.2, -0.15) is 4.80 Å². The van der Waals surface area contributed by atoms with Crippen molar-refractivity contribution in [3.8, 4) is 0 Å². The fourth-order valence-corrected chi connectivity index (χ4v) is 2.85. The van der Waals surface area contributed by atoms with E-state index in [-0.39, 0.29) is 0 Å². The molecule has 1 aromatic rings. The molecule has 6 heteroatoms. The molecule has 0 amide bonds. The van der Waals surface area contributed by atoms with E-state index in [0.717, 1.165) is 24.8 Å². The van der Waals surface area contributed by atoms with Crippen LogP contribution in [0, 0.1) is 5.92 Å². The van der Waals surface area contributed by atoms with E-state index in [9.17, 15) is 0 Å². The molecular formula is C10H18N6. The Morgan fingerprint density at radius 3 is 3.12 bits per heavy atom. The molecule has 16 heavy (non-hydrogen) atoms. The molecule has 2 aliphatic rings. The summed E-state index contributed by atoms with van der Waals surface area (Å²) in [6.45, 7) is 4.32. The van der Waals surface area contributed by atoms with Crippen molar-refractivity contribution in [2.24, 2.45) is 13.0 Å². The molecule has 88 valence electrons. The predicted molar refractivity (Wildman–Crippen MR) is 58.6 cm³/mol. The second-order valence-electron chi connectivity index (χ2n) is 4.85. The van der Waals surface area contributed by atoms with Crippen molar-refractivity contribution < 1.29 is 0 Å². The van der Waals surface area contributed by atoms with Crippen molar-refractivity contribution in [2.75, 3.05) is 19.6 Å². The van der Waals surface area contributed by atoms with Crippen LogP contribution in [-0.4, -0.2) is 50.8 Å². The largest absolute Gasteiger partial charge is 0.312 e. The lowest BCUT2D eigenvalue weighted by molar-refractivity contribution is 0.305.